The molecule has 0 aliphatic carbocycles. The Morgan fingerprint density at radius 2 is 1.87 bits per heavy atom. The van der Waals surface area contributed by atoms with Crippen LogP contribution in [0.4, 0.5) is 11.4 Å². The molecule has 1 atom stereocenters. The highest BCUT2D eigenvalue weighted by Gasteiger charge is 2.31. The Hall–Kier alpha value is -2.39. The molecular formula is C21H22BrN3O4S. The zero-order valence-corrected chi connectivity index (χ0v) is 18.6. The van der Waals surface area contributed by atoms with E-state index in [4.69, 9.17) is 0 Å². The van der Waals surface area contributed by atoms with Gasteiger partial charge in [-0.25, -0.2) is 8.42 Å². The van der Waals surface area contributed by atoms with Crippen LogP contribution in [0.25, 0.3) is 0 Å². The van der Waals surface area contributed by atoms with Crippen molar-refractivity contribution >= 4 is 49.0 Å². The highest BCUT2D eigenvalue weighted by atomic mass is 79.9. The molecule has 0 radical (unpaired) electrons. The lowest BCUT2D eigenvalue weighted by molar-refractivity contribution is -0.116. The standard InChI is InChI=1S/C21H22BrN3O4S/c22-16-5-3-4-14(10-16)12-30(28,29)13-19-20(26)24-18-11-15(6-7-17(18)23-19)21(27)25-8-1-2-9-25/h3-7,10-11,19,23H,1-2,8-9,12-13H2,(H,24,26)/t19-/m0/s1. The summed E-state index contributed by atoms with van der Waals surface area (Å²) in [5.74, 6) is -0.942. The summed E-state index contributed by atoms with van der Waals surface area (Å²) >= 11 is 3.33. The summed E-state index contributed by atoms with van der Waals surface area (Å²) in [5.41, 5.74) is 2.27. The van der Waals surface area contributed by atoms with Gasteiger partial charge in [0.05, 0.1) is 22.9 Å². The first-order valence-electron chi connectivity index (χ1n) is 9.76. The number of fused-ring (bicyclic) bond motifs is 1. The molecule has 1 fully saturated rings. The van der Waals surface area contributed by atoms with E-state index < -0.39 is 21.8 Å². The van der Waals surface area contributed by atoms with Crippen LogP contribution in [-0.2, 0) is 20.4 Å². The van der Waals surface area contributed by atoms with Crippen LogP contribution in [0.5, 0.6) is 0 Å². The molecule has 30 heavy (non-hydrogen) atoms. The molecule has 4 rings (SSSR count). The number of nitrogens with one attached hydrogen (secondary N) is 2. The van der Waals surface area contributed by atoms with Crippen molar-refractivity contribution in [3.63, 3.8) is 0 Å². The second-order valence-electron chi connectivity index (χ2n) is 7.63. The molecule has 0 saturated carbocycles. The van der Waals surface area contributed by atoms with Gasteiger partial charge in [0.2, 0.25) is 5.91 Å². The minimum absolute atomic E-state index is 0.0525. The lowest BCUT2D eigenvalue weighted by atomic mass is 10.1. The molecule has 1 saturated heterocycles. The van der Waals surface area contributed by atoms with Crippen LogP contribution >= 0.6 is 15.9 Å². The van der Waals surface area contributed by atoms with Crippen LogP contribution in [0.1, 0.15) is 28.8 Å². The van der Waals surface area contributed by atoms with Crippen molar-refractivity contribution in [1.82, 2.24) is 4.90 Å². The predicted octanol–water partition coefficient (Wildman–Crippen LogP) is 3.03. The summed E-state index contributed by atoms with van der Waals surface area (Å²) in [6.07, 6.45) is 2.01. The quantitative estimate of drug-likeness (QED) is 0.669. The van der Waals surface area contributed by atoms with Crippen LogP contribution in [0.3, 0.4) is 0 Å². The topological polar surface area (TPSA) is 95.6 Å². The van der Waals surface area contributed by atoms with Gasteiger partial charge in [-0.15, -0.1) is 0 Å². The molecule has 2 aliphatic heterocycles. The fourth-order valence-corrected chi connectivity index (χ4v) is 5.79. The Balaban J connectivity index is 1.47. The van der Waals surface area contributed by atoms with E-state index >= 15 is 0 Å². The molecule has 2 aromatic rings. The second-order valence-corrected chi connectivity index (χ2v) is 10.7. The van der Waals surface area contributed by atoms with Crippen molar-refractivity contribution in [3.8, 4) is 0 Å². The molecule has 0 spiro atoms. The van der Waals surface area contributed by atoms with E-state index in [-0.39, 0.29) is 17.4 Å². The first-order chi connectivity index (χ1) is 14.3. The minimum Gasteiger partial charge on any atom is -0.371 e. The summed E-state index contributed by atoms with van der Waals surface area (Å²) in [7, 11) is -3.52. The molecule has 0 aromatic heterocycles. The van der Waals surface area contributed by atoms with Crippen LogP contribution < -0.4 is 10.6 Å². The van der Waals surface area contributed by atoms with Crippen LogP contribution in [-0.4, -0.2) is 50.0 Å². The molecule has 2 aromatic carbocycles. The Morgan fingerprint density at radius 1 is 1.10 bits per heavy atom. The third-order valence-electron chi connectivity index (χ3n) is 5.26. The number of amides is 2. The Labute approximate surface area is 183 Å². The zero-order chi connectivity index (χ0) is 21.3. The third kappa shape index (κ3) is 4.67. The number of hydrogen-bond donors (Lipinski definition) is 2. The Bertz CT molecular complexity index is 1100. The van der Waals surface area contributed by atoms with Gasteiger partial charge in [0.25, 0.3) is 5.91 Å². The second kappa shape index (κ2) is 8.39. The maximum atomic E-state index is 12.6. The van der Waals surface area contributed by atoms with E-state index in [0.29, 0.717) is 22.5 Å². The minimum atomic E-state index is -3.52. The molecule has 7 nitrogen and oxygen atoms in total. The lowest BCUT2D eigenvalue weighted by Gasteiger charge is -2.27. The highest BCUT2D eigenvalue weighted by molar-refractivity contribution is 9.10. The monoisotopic (exact) mass is 491 g/mol. The number of benzene rings is 2. The molecule has 0 bridgehead atoms. The Kier molecular flexibility index (Phi) is 5.84. The maximum Gasteiger partial charge on any atom is 0.253 e. The number of likely N-dealkylation sites (tertiary alicyclic amines) is 1. The number of anilines is 2. The number of sulfone groups is 1. The van der Waals surface area contributed by atoms with E-state index in [2.05, 4.69) is 26.6 Å². The van der Waals surface area contributed by atoms with Crippen molar-refractivity contribution in [1.29, 1.82) is 0 Å². The number of carbonyl (C=O) groups excluding carboxylic acids is 2. The third-order valence-corrected chi connectivity index (χ3v) is 7.37. The van der Waals surface area contributed by atoms with Crippen molar-refractivity contribution in [2.45, 2.75) is 24.6 Å². The van der Waals surface area contributed by atoms with Gasteiger partial charge in [0.15, 0.2) is 9.84 Å². The summed E-state index contributed by atoms with van der Waals surface area (Å²) in [6, 6.07) is 11.3. The molecule has 2 amide bonds. The maximum absolute atomic E-state index is 12.6. The molecule has 2 heterocycles. The summed E-state index contributed by atoms with van der Waals surface area (Å²) in [4.78, 5) is 26.9. The van der Waals surface area contributed by atoms with Gasteiger partial charge in [-0.3, -0.25) is 9.59 Å². The predicted molar refractivity (Wildman–Crippen MR) is 119 cm³/mol. The van der Waals surface area contributed by atoms with Gasteiger partial charge in [-0.1, -0.05) is 28.1 Å². The number of nitrogens with zero attached hydrogens (tertiary/aromatic N) is 1. The van der Waals surface area contributed by atoms with Crippen molar-refractivity contribution < 1.29 is 18.0 Å². The highest BCUT2D eigenvalue weighted by Crippen LogP contribution is 2.29. The SMILES string of the molecule is O=C1Nc2cc(C(=O)N3CCCC3)ccc2N[C@H]1CS(=O)(=O)Cc1cccc(Br)c1. The first kappa shape index (κ1) is 20.9. The number of carbonyl (C=O) groups is 2. The van der Waals surface area contributed by atoms with E-state index in [1.54, 1.807) is 41.3 Å². The van der Waals surface area contributed by atoms with Crippen LogP contribution in [0.15, 0.2) is 46.9 Å². The van der Waals surface area contributed by atoms with Gasteiger partial charge in [-0.2, -0.15) is 0 Å². The van der Waals surface area contributed by atoms with E-state index in [1.165, 1.54) is 0 Å². The average molecular weight is 492 g/mol. The molecule has 9 heteroatoms. The van der Waals surface area contributed by atoms with Crippen LogP contribution in [0.2, 0.25) is 0 Å². The smallest absolute Gasteiger partial charge is 0.253 e. The Morgan fingerprint density at radius 3 is 2.60 bits per heavy atom. The van der Waals surface area contributed by atoms with Gasteiger partial charge in [-0.05, 0) is 48.7 Å². The zero-order valence-electron chi connectivity index (χ0n) is 16.2. The van der Waals surface area contributed by atoms with Gasteiger partial charge in [0, 0.05) is 23.1 Å². The summed E-state index contributed by atoms with van der Waals surface area (Å²) < 4.78 is 26.1. The first-order valence-corrected chi connectivity index (χ1v) is 12.4. The van der Waals surface area contributed by atoms with Gasteiger partial charge in [0.1, 0.15) is 6.04 Å². The van der Waals surface area contributed by atoms with E-state index in [9.17, 15) is 18.0 Å². The summed E-state index contributed by atoms with van der Waals surface area (Å²) in [5, 5.41) is 5.76. The van der Waals surface area contributed by atoms with Crippen molar-refractivity contribution in [3.05, 3.63) is 58.1 Å². The number of rotatable bonds is 5. The normalized spacial score (nSPS) is 18.5. The number of halogens is 1. The average Bonchev–Trinajstić information content (AvgIpc) is 3.22. The largest absolute Gasteiger partial charge is 0.371 e. The molecule has 2 aliphatic rings. The fraction of sp³-hybridized carbons (Fsp3) is 0.333. The number of hydrogen-bond acceptors (Lipinski definition) is 5. The van der Waals surface area contributed by atoms with Crippen molar-refractivity contribution in [2.75, 3.05) is 29.5 Å². The summed E-state index contributed by atoms with van der Waals surface area (Å²) in [6.45, 7) is 1.50. The van der Waals surface area contributed by atoms with Crippen LogP contribution in [0, 0.1) is 0 Å². The van der Waals surface area contributed by atoms with Crippen molar-refractivity contribution in [2.24, 2.45) is 0 Å². The molecule has 2 N–H and O–H groups in total. The van der Waals surface area contributed by atoms with E-state index in [0.717, 1.165) is 30.4 Å². The van der Waals surface area contributed by atoms with E-state index in [1.807, 2.05) is 6.07 Å². The fourth-order valence-electron chi connectivity index (χ4n) is 3.79. The molecule has 158 valence electrons. The lowest BCUT2D eigenvalue weighted by Crippen LogP contribution is -2.43. The van der Waals surface area contributed by atoms with Gasteiger partial charge >= 0.3 is 0 Å². The van der Waals surface area contributed by atoms with Gasteiger partial charge < -0.3 is 15.5 Å². The molecular weight excluding hydrogens is 470 g/mol. The molecule has 0 unspecified atom stereocenters.